The van der Waals surface area contributed by atoms with Crippen molar-refractivity contribution in [2.24, 2.45) is 0 Å². The van der Waals surface area contributed by atoms with E-state index in [0.29, 0.717) is 0 Å². The first-order chi connectivity index (χ1) is 15.0. The highest BCUT2D eigenvalue weighted by Gasteiger charge is 2.29. The van der Waals surface area contributed by atoms with E-state index in [1.54, 1.807) is 0 Å². The SMILES string of the molecule is CC(c1ccc(C(C)C(C)O)s1)=P(c1ccccc1)(c1ccccc1)c1ccccc1. The summed E-state index contributed by atoms with van der Waals surface area (Å²) in [7, 11) is 0. The first-order valence-electron chi connectivity index (χ1n) is 10.7. The van der Waals surface area contributed by atoms with Gasteiger partial charge in [0.25, 0.3) is 0 Å². The number of rotatable bonds is 6. The maximum absolute atomic E-state index is 10.1. The Hall–Kier alpha value is -2.38. The maximum Gasteiger partial charge on any atom is 0.0585 e. The molecule has 3 aromatic carbocycles. The number of aliphatic hydroxyl groups excluding tert-OH is 1. The Balaban J connectivity index is 2.10. The average Bonchev–Trinajstić information content (AvgIpc) is 3.31. The molecule has 2 unspecified atom stereocenters. The van der Waals surface area contributed by atoms with Gasteiger partial charge in [-0.05, 0) is 54.1 Å². The van der Waals surface area contributed by atoms with Crippen LogP contribution in [0.3, 0.4) is 0 Å². The van der Waals surface area contributed by atoms with Crippen molar-refractivity contribution in [3.05, 3.63) is 113 Å². The third-order valence-corrected chi connectivity index (χ3v) is 12.1. The minimum atomic E-state index is -2.04. The van der Waals surface area contributed by atoms with Crippen molar-refractivity contribution in [3.8, 4) is 0 Å². The van der Waals surface area contributed by atoms with E-state index < -0.39 is 6.89 Å². The molecule has 0 radical (unpaired) electrons. The summed E-state index contributed by atoms with van der Waals surface area (Å²) in [6, 6.07) is 37.3. The molecule has 0 aliphatic carbocycles. The third-order valence-electron chi connectivity index (χ3n) is 6.09. The minimum absolute atomic E-state index is 0.129. The summed E-state index contributed by atoms with van der Waals surface area (Å²) in [5, 5.41) is 15.6. The van der Waals surface area contributed by atoms with Crippen LogP contribution in [0.15, 0.2) is 103 Å². The monoisotopic (exact) mass is 444 g/mol. The highest BCUT2D eigenvalue weighted by Crippen LogP contribution is 2.48. The fourth-order valence-electron chi connectivity index (χ4n) is 4.18. The first kappa shape index (κ1) is 21.8. The molecule has 158 valence electrons. The predicted octanol–water partition coefficient (Wildman–Crippen LogP) is 5.77. The van der Waals surface area contributed by atoms with Crippen molar-refractivity contribution in [1.82, 2.24) is 0 Å². The van der Waals surface area contributed by atoms with Gasteiger partial charge in [-0.25, -0.2) is 0 Å². The average molecular weight is 445 g/mol. The lowest BCUT2D eigenvalue weighted by Crippen LogP contribution is -2.29. The molecule has 1 nitrogen and oxygen atoms in total. The molecule has 0 bridgehead atoms. The molecule has 0 aliphatic rings. The predicted molar refractivity (Wildman–Crippen MR) is 139 cm³/mol. The second kappa shape index (κ2) is 9.40. The van der Waals surface area contributed by atoms with Crippen molar-refractivity contribution in [2.45, 2.75) is 32.8 Å². The standard InChI is InChI=1S/C28H29OPS/c1-21(22(2)29)27-19-20-28(31-27)23(3)30(24-13-7-4-8-14-24,25-15-9-5-10-16-25)26-17-11-6-12-18-26/h4-22,29H,1-3H3. The summed E-state index contributed by atoms with van der Waals surface area (Å²) in [5.74, 6) is 0.129. The zero-order chi connectivity index (χ0) is 21.8. The molecule has 1 aromatic heterocycles. The molecule has 0 saturated carbocycles. The van der Waals surface area contributed by atoms with Gasteiger partial charge in [0, 0.05) is 15.7 Å². The number of hydrogen-bond donors (Lipinski definition) is 1. The number of benzene rings is 3. The van der Waals surface area contributed by atoms with E-state index in [9.17, 15) is 5.11 Å². The fraction of sp³-hybridized carbons (Fsp3) is 0.179. The van der Waals surface area contributed by atoms with Crippen LogP contribution >= 0.6 is 18.2 Å². The van der Waals surface area contributed by atoms with Crippen LogP contribution < -0.4 is 15.9 Å². The van der Waals surface area contributed by atoms with Crippen LogP contribution in [0.2, 0.25) is 0 Å². The van der Waals surface area contributed by atoms with Crippen LogP contribution in [0.1, 0.15) is 36.4 Å². The molecule has 0 amide bonds. The quantitative estimate of drug-likeness (QED) is 0.375. The zero-order valence-corrected chi connectivity index (χ0v) is 20.0. The third kappa shape index (κ3) is 4.08. The molecule has 0 aliphatic heterocycles. The van der Waals surface area contributed by atoms with Crippen molar-refractivity contribution >= 4 is 39.4 Å². The second-order valence-corrected chi connectivity index (χ2v) is 12.7. The Kier molecular flexibility index (Phi) is 6.62. The van der Waals surface area contributed by atoms with Gasteiger partial charge < -0.3 is 5.11 Å². The Bertz CT molecular complexity index is 1070. The summed E-state index contributed by atoms with van der Waals surface area (Å²) >= 11 is 1.82. The van der Waals surface area contributed by atoms with Crippen LogP contribution in [0, 0.1) is 0 Å². The van der Waals surface area contributed by atoms with Crippen molar-refractivity contribution in [1.29, 1.82) is 0 Å². The van der Waals surface area contributed by atoms with E-state index in [4.69, 9.17) is 0 Å². The van der Waals surface area contributed by atoms with Crippen LogP contribution in [0.4, 0.5) is 0 Å². The highest BCUT2D eigenvalue weighted by molar-refractivity contribution is 7.95. The van der Waals surface area contributed by atoms with E-state index in [0.717, 1.165) is 0 Å². The largest absolute Gasteiger partial charge is 0.393 e. The van der Waals surface area contributed by atoms with Gasteiger partial charge in [-0.3, -0.25) is 0 Å². The Morgan fingerprint density at radius 1 is 0.677 bits per heavy atom. The molecular weight excluding hydrogens is 415 g/mol. The molecule has 0 fully saturated rings. The molecule has 1 heterocycles. The van der Waals surface area contributed by atoms with Crippen molar-refractivity contribution in [3.63, 3.8) is 0 Å². The smallest absolute Gasteiger partial charge is 0.0585 e. The maximum atomic E-state index is 10.1. The van der Waals surface area contributed by atoms with Gasteiger partial charge in [-0.2, -0.15) is 0 Å². The van der Waals surface area contributed by atoms with Gasteiger partial charge in [0.15, 0.2) is 0 Å². The summed E-state index contributed by atoms with van der Waals surface area (Å²) in [6.45, 7) is 4.24. The Morgan fingerprint density at radius 3 is 1.48 bits per heavy atom. The van der Waals surface area contributed by atoms with Crippen molar-refractivity contribution < 1.29 is 5.11 Å². The van der Waals surface area contributed by atoms with E-state index in [-0.39, 0.29) is 12.0 Å². The Labute approximate surface area is 190 Å². The lowest BCUT2D eigenvalue weighted by Gasteiger charge is -2.31. The van der Waals surface area contributed by atoms with E-state index >= 15 is 0 Å². The molecule has 4 aromatic rings. The normalized spacial score (nSPS) is 13.5. The van der Waals surface area contributed by atoms with Crippen LogP contribution in [0.25, 0.3) is 0 Å². The van der Waals surface area contributed by atoms with Gasteiger partial charge in [-0.15, -0.1) is 11.3 Å². The molecular formula is C28H29OPS. The second-order valence-electron chi connectivity index (χ2n) is 7.99. The number of thiophene rings is 1. The fourth-order valence-corrected chi connectivity index (χ4v) is 10.1. The van der Waals surface area contributed by atoms with Crippen LogP contribution in [0.5, 0.6) is 0 Å². The number of hydrogen-bond acceptors (Lipinski definition) is 2. The Morgan fingerprint density at radius 2 is 1.10 bits per heavy atom. The topological polar surface area (TPSA) is 20.2 Å². The van der Waals surface area contributed by atoms with Gasteiger partial charge in [-0.1, -0.05) is 97.9 Å². The molecule has 0 saturated heterocycles. The van der Waals surface area contributed by atoms with E-state index in [2.05, 4.69) is 117 Å². The zero-order valence-electron chi connectivity index (χ0n) is 18.3. The summed E-state index contributed by atoms with van der Waals surface area (Å²) in [5.41, 5.74) is 0. The molecule has 1 N–H and O–H groups in total. The van der Waals surface area contributed by atoms with Crippen LogP contribution in [-0.4, -0.2) is 16.5 Å². The highest BCUT2D eigenvalue weighted by atomic mass is 32.1. The summed E-state index contributed by atoms with van der Waals surface area (Å²) in [4.78, 5) is 2.53. The lowest BCUT2D eigenvalue weighted by atomic mass is 10.1. The minimum Gasteiger partial charge on any atom is -0.393 e. The molecule has 2 atom stereocenters. The van der Waals surface area contributed by atoms with Gasteiger partial charge >= 0.3 is 0 Å². The van der Waals surface area contributed by atoms with Crippen LogP contribution in [-0.2, 0) is 0 Å². The van der Waals surface area contributed by atoms with E-state index in [1.165, 1.54) is 31.0 Å². The summed E-state index contributed by atoms with van der Waals surface area (Å²) in [6.07, 6.45) is -0.358. The van der Waals surface area contributed by atoms with E-state index in [1.807, 2.05) is 18.3 Å². The van der Waals surface area contributed by atoms with Gasteiger partial charge in [0.2, 0.25) is 0 Å². The molecule has 3 heteroatoms. The molecule has 31 heavy (non-hydrogen) atoms. The molecule has 0 spiro atoms. The first-order valence-corrected chi connectivity index (χ1v) is 13.3. The van der Waals surface area contributed by atoms with Crippen molar-refractivity contribution in [2.75, 3.05) is 0 Å². The van der Waals surface area contributed by atoms with Gasteiger partial charge in [0.1, 0.15) is 0 Å². The molecule has 4 rings (SSSR count). The summed E-state index contributed by atoms with van der Waals surface area (Å²) < 4.78 is 0. The number of aliphatic hydroxyl groups is 1. The lowest BCUT2D eigenvalue weighted by molar-refractivity contribution is 0.170. The van der Waals surface area contributed by atoms with Gasteiger partial charge in [0.05, 0.1) is 6.10 Å².